The normalized spacial score (nSPS) is 24.3. The maximum absolute atomic E-state index is 12.9. The van der Waals surface area contributed by atoms with Crippen molar-refractivity contribution in [2.24, 2.45) is 0 Å². The van der Waals surface area contributed by atoms with Crippen LogP contribution in [0.25, 0.3) is 0 Å². The molecule has 3 rings (SSSR count). The van der Waals surface area contributed by atoms with Crippen molar-refractivity contribution in [2.75, 3.05) is 20.7 Å². The molecule has 0 aromatic heterocycles. The maximum atomic E-state index is 12.9. The van der Waals surface area contributed by atoms with E-state index in [1.165, 1.54) is 0 Å². The quantitative estimate of drug-likeness (QED) is 0.854. The zero-order chi connectivity index (χ0) is 17.1. The van der Waals surface area contributed by atoms with Gasteiger partial charge in [0.15, 0.2) is 0 Å². The molecule has 2 fully saturated rings. The Bertz CT molecular complexity index is 599. The molecule has 0 unspecified atom stereocenters. The Labute approximate surface area is 143 Å². The van der Waals surface area contributed by atoms with Crippen LogP contribution in [-0.2, 0) is 16.0 Å². The number of hydrogen-bond acceptors (Lipinski definition) is 3. The third kappa shape index (κ3) is 3.40. The Hall–Kier alpha value is -2.04. The molecule has 2 atom stereocenters. The first kappa shape index (κ1) is 16.8. The number of methoxy groups -OCH3 is 1. The Morgan fingerprint density at radius 2 is 1.88 bits per heavy atom. The summed E-state index contributed by atoms with van der Waals surface area (Å²) in [5.74, 6) is 1.18. The highest BCUT2D eigenvalue weighted by Crippen LogP contribution is 2.29. The molecule has 0 spiro atoms. The number of amides is 2. The van der Waals surface area contributed by atoms with Crippen LogP contribution in [0.3, 0.4) is 0 Å². The number of benzene rings is 1. The molecule has 1 aromatic rings. The van der Waals surface area contributed by atoms with E-state index in [9.17, 15) is 9.59 Å². The summed E-state index contributed by atoms with van der Waals surface area (Å²) < 4.78 is 5.16. The van der Waals surface area contributed by atoms with Crippen LogP contribution >= 0.6 is 0 Å². The van der Waals surface area contributed by atoms with Crippen molar-refractivity contribution in [3.63, 3.8) is 0 Å². The molecule has 5 nitrogen and oxygen atoms in total. The molecule has 0 saturated carbocycles. The molecular weight excluding hydrogens is 304 g/mol. The number of likely N-dealkylation sites (tertiary alicyclic amines) is 2. The standard InChI is InChI=1S/C19H26N2O3/c1-20-16-6-4-12-21(17(16)5-3-7-18(20)22)19(23)13-14-8-10-15(24-2)11-9-14/h8-11,16-17H,3-7,12-13H2,1-2H3/t16-,17-/m1/s1. The number of carbonyl (C=O) groups excluding carboxylic acids is 2. The summed E-state index contributed by atoms with van der Waals surface area (Å²) >= 11 is 0. The van der Waals surface area contributed by atoms with E-state index < -0.39 is 0 Å². The predicted molar refractivity (Wildman–Crippen MR) is 91.8 cm³/mol. The van der Waals surface area contributed by atoms with Gasteiger partial charge in [-0.15, -0.1) is 0 Å². The number of likely N-dealkylation sites (N-methyl/N-ethyl adjacent to an activating group) is 1. The third-order valence-electron chi connectivity index (χ3n) is 5.36. The second kappa shape index (κ2) is 7.24. The van der Waals surface area contributed by atoms with Crippen LogP contribution in [0.1, 0.15) is 37.7 Å². The van der Waals surface area contributed by atoms with Crippen molar-refractivity contribution >= 4 is 11.8 Å². The monoisotopic (exact) mass is 330 g/mol. The van der Waals surface area contributed by atoms with Gasteiger partial charge in [-0.25, -0.2) is 0 Å². The lowest BCUT2D eigenvalue weighted by atomic mass is 9.92. The molecule has 1 aromatic carbocycles. The van der Waals surface area contributed by atoms with Gasteiger partial charge in [0.1, 0.15) is 5.75 Å². The van der Waals surface area contributed by atoms with E-state index in [0.29, 0.717) is 12.8 Å². The lowest BCUT2D eigenvalue weighted by Gasteiger charge is -2.43. The van der Waals surface area contributed by atoms with Gasteiger partial charge < -0.3 is 14.5 Å². The molecule has 0 radical (unpaired) electrons. The number of fused-ring (bicyclic) bond motifs is 1. The molecular formula is C19H26N2O3. The van der Waals surface area contributed by atoms with E-state index in [2.05, 4.69) is 0 Å². The second-order valence-corrected chi connectivity index (χ2v) is 6.79. The van der Waals surface area contributed by atoms with Crippen molar-refractivity contribution < 1.29 is 14.3 Å². The van der Waals surface area contributed by atoms with E-state index in [-0.39, 0.29) is 23.9 Å². The molecule has 24 heavy (non-hydrogen) atoms. The summed E-state index contributed by atoms with van der Waals surface area (Å²) in [5, 5.41) is 0. The van der Waals surface area contributed by atoms with Gasteiger partial charge in [0, 0.05) is 20.0 Å². The average molecular weight is 330 g/mol. The van der Waals surface area contributed by atoms with Gasteiger partial charge in [-0.05, 0) is 43.4 Å². The fourth-order valence-corrected chi connectivity index (χ4v) is 3.99. The fraction of sp³-hybridized carbons (Fsp3) is 0.579. The van der Waals surface area contributed by atoms with Crippen LogP contribution in [0.4, 0.5) is 0 Å². The number of hydrogen-bond donors (Lipinski definition) is 0. The Kier molecular flexibility index (Phi) is 5.07. The molecule has 0 bridgehead atoms. The predicted octanol–water partition coefficient (Wildman–Crippen LogP) is 2.24. The summed E-state index contributed by atoms with van der Waals surface area (Å²) in [5.41, 5.74) is 1.00. The minimum Gasteiger partial charge on any atom is -0.497 e. The molecule has 5 heteroatoms. The highest BCUT2D eigenvalue weighted by atomic mass is 16.5. The van der Waals surface area contributed by atoms with Gasteiger partial charge >= 0.3 is 0 Å². The fourth-order valence-electron chi connectivity index (χ4n) is 3.99. The van der Waals surface area contributed by atoms with Crippen LogP contribution in [0.2, 0.25) is 0 Å². The summed E-state index contributed by atoms with van der Waals surface area (Å²) in [6.07, 6.45) is 4.77. The van der Waals surface area contributed by atoms with Gasteiger partial charge in [0.2, 0.25) is 11.8 Å². The lowest BCUT2D eigenvalue weighted by molar-refractivity contribution is -0.140. The largest absolute Gasteiger partial charge is 0.497 e. The van der Waals surface area contributed by atoms with E-state index in [0.717, 1.165) is 43.5 Å². The van der Waals surface area contributed by atoms with Gasteiger partial charge in [-0.3, -0.25) is 9.59 Å². The van der Waals surface area contributed by atoms with Gasteiger partial charge in [-0.2, -0.15) is 0 Å². The number of rotatable bonds is 3. The molecule has 0 N–H and O–H groups in total. The SMILES string of the molecule is COc1ccc(CC(=O)N2CCC[C@@H]3[C@H]2CCCC(=O)N3C)cc1. The molecule has 2 aliphatic rings. The van der Waals surface area contributed by atoms with Crippen LogP contribution in [-0.4, -0.2) is 54.4 Å². The Morgan fingerprint density at radius 3 is 2.58 bits per heavy atom. The molecule has 2 heterocycles. The highest BCUT2D eigenvalue weighted by Gasteiger charge is 2.39. The van der Waals surface area contributed by atoms with Crippen LogP contribution < -0.4 is 4.74 Å². The van der Waals surface area contributed by atoms with Gasteiger partial charge in [0.05, 0.1) is 25.6 Å². The third-order valence-corrected chi connectivity index (χ3v) is 5.36. The summed E-state index contributed by atoms with van der Waals surface area (Å²) in [4.78, 5) is 28.9. The van der Waals surface area contributed by atoms with E-state index in [1.54, 1.807) is 7.11 Å². The summed E-state index contributed by atoms with van der Waals surface area (Å²) in [7, 11) is 3.53. The molecule has 2 aliphatic heterocycles. The topological polar surface area (TPSA) is 49.9 Å². The van der Waals surface area contributed by atoms with Crippen molar-refractivity contribution in [1.29, 1.82) is 0 Å². The van der Waals surface area contributed by atoms with E-state index in [1.807, 2.05) is 41.1 Å². The number of carbonyl (C=O) groups is 2. The van der Waals surface area contributed by atoms with Crippen LogP contribution in [0.15, 0.2) is 24.3 Å². The van der Waals surface area contributed by atoms with Crippen molar-refractivity contribution in [3.8, 4) is 5.75 Å². The zero-order valence-electron chi connectivity index (χ0n) is 14.5. The average Bonchev–Trinajstić information content (AvgIpc) is 2.75. The molecule has 2 amide bonds. The van der Waals surface area contributed by atoms with Crippen molar-refractivity contribution in [3.05, 3.63) is 29.8 Å². The molecule has 0 aliphatic carbocycles. The zero-order valence-corrected chi connectivity index (χ0v) is 14.5. The van der Waals surface area contributed by atoms with E-state index >= 15 is 0 Å². The first-order valence-electron chi connectivity index (χ1n) is 8.78. The lowest BCUT2D eigenvalue weighted by Crippen LogP contribution is -2.56. The smallest absolute Gasteiger partial charge is 0.227 e. The minimum atomic E-state index is 0.164. The molecule has 130 valence electrons. The summed E-state index contributed by atoms with van der Waals surface area (Å²) in [6, 6.07) is 8.01. The van der Waals surface area contributed by atoms with Crippen LogP contribution in [0.5, 0.6) is 5.75 Å². The van der Waals surface area contributed by atoms with E-state index in [4.69, 9.17) is 4.74 Å². The van der Waals surface area contributed by atoms with Gasteiger partial charge in [0.25, 0.3) is 0 Å². The van der Waals surface area contributed by atoms with Crippen molar-refractivity contribution in [1.82, 2.24) is 9.80 Å². The van der Waals surface area contributed by atoms with Crippen LogP contribution in [0, 0.1) is 0 Å². The Morgan fingerprint density at radius 1 is 1.17 bits per heavy atom. The molecule has 2 saturated heterocycles. The number of nitrogens with zero attached hydrogens (tertiary/aromatic N) is 2. The van der Waals surface area contributed by atoms with Crippen molar-refractivity contribution in [2.45, 2.75) is 50.6 Å². The number of ether oxygens (including phenoxy) is 1. The maximum Gasteiger partial charge on any atom is 0.227 e. The highest BCUT2D eigenvalue weighted by molar-refractivity contribution is 5.80. The second-order valence-electron chi connectivity index (χ2n) is 6.79. The summed E-state index contributed by atoms with van der Waals surface area (Å²) in [6.45, 7) is 0.804. The minimum absolute atomic E-state index is 0.164. The Balaban J connectivity index is 1.72. The number of piperidine rings is 1. The first-order chi connectivity index (χ1) is 11.6. The first-order valence-corrected chi connectivity index (χ1v) is 8.78. The van der Waals surface area contributed by atoms with Gasteiger partial charge in [-0.1, -0.05) is 12.1 Å².